The molecule has 3 rings (SSSR count). The molecule has 0 aliphatic carbocycles. The van der Waals surface area contributed by atoms with Gasteiger partial charge in [0.2, 0.25) is 0 Å². The summed E-state index contributed by atoms with van der Waals surface area (Å²) in [7, 11) is 1.63. The molecule has 0 saturated heterocycles. The highest BCUT2D eigenvalue weighted by Crippen LogP contribution is 2.22. The predicted octanol–water partition coefficient (Wildman–Crippen LogP) is 3.02. The lowest BCUT2D eigenvalue weighted by Gasteiger charge is -2.20. The van der Waals surface area contributed by atoms with Crippen molar-refractivity contribution in [1.82, 2.24) is 15.2 Å². The number of benzene rings is 2. The molecule has 32 heavy (non-hydrogen) atoms. The molecule has 0 aliphatic heterocycles. The van der Waals surface area contributed by atoms with Gasteiger partial charge in [0.25, 0.3) is 11.8 Å². The van der Waals surface area contributed by atoms with Crippen LogP contribution in [0.4, 0.5) is 0 Å². The first-order valence-corrected chi connectivity index (χ1v) is 11.0. The van der Waals surface area contributed by atoms with E-state index in [1.54, 1.807) is 31.3 Å². The average Bonchev–Trinajstić information content (AvgIpc) is 3.19. The Morgan fingerprint density at radius 1 is 1.12 bits per heavy atom. The molecule has 0 radical (unpaired) electrons. The van der Waals surface area contributed by atoms with Gasteiger partial charge < -0.3 is 19.7 Å². The average molecular weight is 456 g/mol. The molecule has 9 heteroatoms. The van der Waals surface area contributed by atoms with Crippen molar-refractivity contribution >= 4 is 39.3 Å². The van der Waals surface area contributed by atoms with Gasteiger partial charge in [-0.1, -0.05) is 12.1 Å². The molecule has 1 heterocycles. The molecule has 0 bridgehead atoms. The van der Waals surface area contributed by atoms with Crippen LogP contribution in [0.2, 0.25) is 0 Å². The summed E-state index contributed by atoms with van der Waals surface area (Å²) in [4.78, 5) is 42.8. The third-order valence-electron chi connectivity index (χ3n) is 4.56. The van der Waals surface area contributed by atoms with Crippen molar-refractivity contribution in [2.75, 3.05) is 20.2 Å². The van der Waals surface area contributed by atoms with Crippen molar-refractivity contribution < 1.29 is 23.9 Å². The summed E-state index contributed by atoms with van der Waals surface area (Å²) in [6.45, 7) is 3.88. The third-order valence-corrected chi connectivity index (χ3v) is 5.58. The van der Waals surface area contributed by atoms with Gasteiger partial charge in [-0.15, -0.1) is 11.3 Å². The number of ether oxygens (including phenoxy) is 2. The molecule has 8 nitrogen and oxygen atoms in total. The van der Waals surface area contributed by atoms with E-state index in [2.05, 4.69) is 10.3 Å². The molecule has 1 aromatic heterocycles. The Morgan fingerprint density at radius 2 is 1.84 bits per heavy atom. The number of likely N-dealkylation sites (N-methyl/N-ethyl adjacent to an activating group) is 1. The van der Waals surface area contributed by atoms with Crippen molar-refractivity contribution in [3.8, 4) is 5.75 Å². The Hall–Kier alpha value is -3.46. The maximum atomic E-state index is 12.6. The summed E-state index contributed by atoms with van der Waals surface area (Å²) >= 11 is 1.51. The monoisotopic (exact) mass is 455 g/mol. The lowest BCUT2D eigenvalue weighted by molar-refractivity contribution is -0.157. The fraction of sp³-hybridized carbons (Fsp3) is 0.304. The Kier molecular flexibility index (Phi) is 7.77. The van der Waals surface area contributed by atoms with Crippen molar-refractivity contribution in [1.29, 1.82) is 0 Å². The zero-order chi connectivity index (χ0) is 23.1. The highest BCUT2D eigenvalue weighted by molar-refractivity contribution is 7.18. The van der Waals surface area contributed by atoms with E-state index in [0.29, 0.717) is 24.5 Å². The van der Waals surface area contributed by atoms with Gasteiger partial charge in [-0.25, -0.2) is 4.98 Å². The topological polar surface area (TPSA) is 97.8 Å². The van der Waals surface area contributed by atoms with Crippen molar-refractivity contribution in [2.45, 2.75) is 26.5 Å². The minimum Gasteiger partial charge on any atom is -0.494 e. The van der Waals surface area contributed by atoms with Crippen LogP contribution in [0.15, 0.2) is 48.5 Å². The zero-order valence-electron chi connectivity index (χ0n) is 18.2. The first-order valence-electron chi connectivity index (χ1n) is 10.2. The van der Waals surface area contributed by atoms with Crippen molar-refractivity contribution in [3.05, 3.63) is 59.1 Å². The van der Waals surface area contributed by atoms with E-state index in [9.17, 15) is 14.4 Å². The second kappa shape index (κ2) is 10.7. The molecule has 2 aromatic carbocycles. The van der Waals surface area contributed by atoms with Crippen LogP contribution in [0.25, 0.3) is 10.2 Å². The van der Waals surface area contributed by atoms with E-state index in [0.717, 1.165) is 15.2 Å². The van der Waals surface area contributed by atoms with E-state index >= 15 is 0 Å². The Balaban J connectivity index is 1.46. The van der Waals surface area contributed by atoms with Crippen LogP contribution >= 0.6 is 11.3 Å². The van der Waals surface area contributed by atoms with Crippen LogP contribution in [-0.2, 0) is 20.9 Å². The summed E-state index contributed by atoms with van der Waals surface area (Å²) in [5.41, 5.74) is 1.28. The summed E-state index contributed by atoms with van der Waals surface area (Å²) in [5, 5.41) is 3.29. The summed E-state index contributed by atoms with van der Waals surface area (Å²) in [5.74, 6) is -0.809. The smallest absolute Gasteiger partial charge is 0.326 e. The largest absolute Gasteiger partial charge is 0.494 e. The lowest BCUT2D eigenvalue weighted by Crippen LogP contribution is -2.39. The fourth-order valence-electron chi connectivity index (χ4n) is 2.99. The van der Waals surface area contributed by atoms with Crippen molar-refractivity contribution in [2.24, 2.45) is 0 Å². The van der Waals surface area contributed by atoms with E-state index in [1.165, 1.54) is 23.2 Å². The summed E-state index contributed by atoms with van der Waals surface area (Å²) in [6, 6.07) is 14.3. The number of esters is 1. The second-order valence-corrected chi connectivity index (χ2v) is 8.16. The standard InChI is InChI=1S/C23H25N3O5S/c1-4-30-17-11-9-16(10-12-17)22(28)24-13-21(27)31-15(2)23(29)26(3)14-20-25-18-7-5-6-8-19(18)32-20/h5-12,15H,4,13-14H2,1-3H3,(H,24,28). The summed E-state index contributed by atoms with van der Waals surface area (Å²) in [6.07, 6.45) is -0.982. The molecular formula is C23H25N3O5S. The first-order chi connectivity index (χ1) is 15.4. The lowest BCUT2D eigenvalue weighted by atomic mass is 10.2. The molecule has 0 fully saturated rings. The molecule has 0 aliphatic rings. The van der Waals surface area contributed by atoms with E-state index < -0.39 is 18.0 Å². The van der Waals surface area contributed by atoms with E-state index in [-0.39, 0.29) is 12.5 Å². The highest BCUT2D eigenvalue weighted by Gasteiger charge is 2.22. The van der Waals surface area contributed by atoms with Gasteiger partial charge in [0, 0.05) is 12.6 Å². The number of rotatable bonds is 9. The van der Waals surface area contributed by atoms with Crippen LogP contribution in [0.3, 0.4) is 0 Å². The number of aromatic nitrogens is 1. The van der Waals surface area contributed by atoms with Crippen LogP contribution in [-0.4, -0.2) is 54.0 Å². The number of fused-ring (bicyclic) bond motifs is 1. The van der Waals surface area contributed by atoms with Gasteiger partial charge in [0.1, 0.15) is 17.3 Å². The minimum absolute atomic E-state index is 0.314. The Labute approximate surface area is 190 Å². The molecule has 0 spiro atoms. The Morgan fingerprint density at radius 3 is 2.53 bits per heavy atom. The normalized spacial score (nSPS) is 11.6. The maximum absolute atomic E-state index is 12.6. The number of carbonyl (C=O) groups is 3. The quantitative estimate of drug-likeness (QED) is 0.498. The molecule has 3 aromatic rings. The van der Waals surface area contributed by atoms with Gasteiger partial charge in [-0.3, -0.25) is 14.4 Å². The van der Waals surface area contributed by atoms with Crippen LogP contribution in [0, 0.1) is 0 Å². The number of nitrogens with one attached hydrogen (secondary N) is 1. The van der Waals surface area contributed by atoms with Crippen LogP contribution < -0.4 is 10.1 Å². The number of hydrogen-bond donors (Lipinski definition) is 1. The van der Waals surface area contributed by atoms with Crippen LogP contribution in [0.5, 0.6) is 5.75 Å². The molecule has 1 unspecified atom stereocenters. The second-order valence-electron chi connectivity index (χ2n) is 7.04. The number of carbonyl (C=O) groups excluding carboxylic acids is 3. The molecular weight excluding hydrogens is 430 g/mol. The molecule has 1 N–H and O–H groups in total. The summed E-state index contributed by atoms with van der Waals surface area (Å²) < 4.78 is 11.6. The van der Waals surface area contributed by atoms with E-state index in [4.69, 9.17) is 9.47 Å². The van der Waals surface area contributed by atoms with Crippen molar-refractivity contribution in [3.63, 3.8) is 0 Å². The van der Waals surface area contributed by atoms with E-state index in [1.807, 2.05) is 31.2 Å². The molecule has 0 saturated carbocycles. The number of nitrogens with zero attached hydrogens (tertiary/aromatic N) is 2. The van der Waals surface area contributed by atoms with Gasteiger partial charge in [-0.05, 0) is 50.2 Å². The van der Waals surface area contributed by atoms with Gasteiger partial charge in [0.05, 0.1) is 23.4 Å². The zero-order valence-corrected chi connectivity index (χ0v) is 19.0. The Bertz CT molecular complexity index is 1060. The fourth-order valence-corrected chi connectivity index (χ4v) is 4.01. The molecule has 1 atom stereocenters. The number of hydrogen-bond acceptors (Lipinski definition) is 7. The van der Waals surface area contributed by atoms with Gasteiger partial charge in [-0.2, -0.15) is 0 Å². The number of thiazole rings is 1. The minimum atomic E-state index is -0.982. The number of amides is 2. The number of para-hydroxylation sites is 1. The third kappa shape index (κ3) is 6.04. The molecule has 168 valence electrons. The highest BCUT2D eigenvalue weighted by atomic mass is 32.1. The SMILES string of the molecule is CCOc1ccc(C(=O)NCC(=O)OC(C)C(=O)N(C)Cc2nc3ccccc3s2)cc1. The molecule has 2 amide bonds. The first kappa shape index (κ1) is 23.2. The predicted molar refractivity (Wildman–Crippen MR) is 122 cm³/mol. The van der Waals surface area contributed by atoms with Gasteiger partial charge in [0.15, 0.2) is 6.10 Å². The maximum Gasteiger partial charge on any atom is 0.326 e. The van der Waals surface area contributed by atoms with Crippen LogP contribution in [0.1, 0.15) is 29.2 Å². The van der Waals surface area contributed by atoms with Gasteiger partial charge >= 0.3 is 5.97 Å².